The standard InChI is InChI=1S/C27H26N2O5/c1-2-29(16-15-25(30)31)26(32)18-11-13-19(14-12-18)28-27(33)34-17-24-22-9-5-3-7-20(22)21-8-4-6-10-23(21)24/h3-14,24H,2,15-17H2,1H3,(H,28,33)(H,30,31). The Labute approximate surface area is 198 Å². The fraction of sp³-hybridized carbons (Fsp3) is 0.222. The Morgan fingerprint density at radius 1 is 0.912 bits per heavy atom. The summed E-state index contributed by atoms with van der Waals surface area (Å²) in [5.41, 5.74) is 5.53. The van der Waals surface area contributed by atoms with Crippen LogP contribution in [0.5, 0.6) is 0 Å². The fourth-order valence-corrected chi connectivity index (χ4v) is 4.26. The molecule has 0 aliphatic heterocycles. The molecule has 0 atom stereocenters. The third-order valence-electron chi connectivity index (χ3n) is 5.99. The number of carbonyl (C=O) groups excluding carboxylic acids is 2. The molecule has 3 aromatic carbocycles. The van der Waals surface area contributed by atoms with Crippen LogP contribution in [0, 0.1) is 0 Å². The molecule has 3 aromatic rings. The van der Waals surface area contributed by atoms with Gasteiger partial charge in [-0.15, -0.1) is 0 Å². The van der Waals surface area contributed by atoms with Crippen LogP contribution in [0.4, 0.5) is 10.5 Å². The van der Waals surface area contributed by atoms with Crippen molar-refractivity contribution in [2.24, 2.45) is 0 Å². The number of nitrogens with zero attached hydrogens (tertiary/aromatic N) is 1. The second-order valence-corrected chi connectivity index (χ2v) is 8.06. The number of carbonyl (C=O) groups is 3. The van der Waals surface area contributed by atoms with Gasteiger partial charge >= 0.3 is 12.1 Å². The number of benzene rings is 3. The summed E-state index contributed by atoms with van der Waals surface area (Å²) in [6.45, 7) is 2.56. The van der Waals surface area contributed by atoms with Crippen molar-refractivity contribution in [3.8, 4) is 11.1 Å². The molecule has 0 saturated carbocycles. The molecule has 0 aromatic heterocycles. The number of amides is 2. The van der Waals surface area contributed by atoms with E-state index in [0.717, 1.165) is 22.3 Å². The van der Waals surface area contributed by atoms with E-state index < -0.39 is 12.1 Å². The molecule has 0 unspecified atom stereocenters. The minimum Gasteiger partial charge on any atom is -0.481 e. The molecule has 2 amide bonds. The minimum atomic E-state index is -0.950. The van der Waals surface area contributed by atoms with Crippen LogP contribution in [0.1, 0.15) is 40.7 Å². The van der Waals surface area contributed by atoms with Gasteiger partial charge in [-0.05, 0) is 53.4 Å². The van der Waals surface area contributed by atoms with Crippen LogP contribution in [0.3, 0.4) is 0 Å². The Morgan fingerprint density at radius 2 is 1.50 bits per heavy atom. The van der Waals surface area contributed by atoms with Crippen LogP contribution in [0.2, 0.25) is 0 Å². The number of ether oxygens (including phenoxy) is 1. The molecule has 34 heavy (non-hydrogen) atoms. The van der Waals surface area contributed by atoms with Gasteiger partial charge < -0.3 is 14.7 Å². The van der Waals surface area contributed by atoms with Crippen molar-refractivity contribution in [1.29, 1.82) is 0 Å². The van der Waals surface area contributed by atoms with Crippen LogP contribution in [0.25, 0.3) is 11.1 Å². The fourth-order valence-electron chi connectivity index (χ4n) is 4.26. The van der Waals surface area contributed by atoms with Gasteiger partial charge in [-0.3, -0.25) is 14.9 Å². The molecule has 4 rings (SSSR count). The number of hydrogen-bond acceptors (Lipinski definition) is 4. The summed E-state index contributed by atoms with van der Waals surface area (Å²) < 4.78 is 5.55. The molecule has 1 aliphatic carbocycles. The van der Waals surface area contributed by atoms with Crippen LogP contribution in [-0.4, -0.2) is 47.7 Å². The number of nitrogens with one attached hydrogen (secondary N) is 1. The van der Waals surface area contributed by atoms with Crippen LogP contribution in [-0.2, 0) is 9.53 Å². The van der Waals surface area contributed by atoms with E-state index in [9.17, 15) is 14.4 Å². The smallest absolute Gasteiger partial charge is 0.411 e. The zero-order valence-corrected chi connectivity index (χ0v) is 18.9. The van der Waals surface area contributed by atoms with Gasteiger partial charge in [0, 0.05) is 30.3 Å². The van der Waals surface area contributed by atoms with Crippen molar-refractivity contribution in [2.75, 3.05) is 25.0 Å². The van der Waals surface area contributed by atoms with Gasteiger partial charge in [0.2, 0.25) is 0 Å². The maximum absolute atomic E-state index is 12.6. The Balaban J connectivity index is 1.36. The van der Waals surface area contributed by atoms with Crippen molar-refractivity contribution >= 4 is 23.7 Å². The van der Waals surface area contributed by atoms with E-state index in [1.165, 1.54) is 4.90 Å². The van der Waals surface area contributed by atoms with Crippen molar-refractivity contribution in [3.05, 3.63) is 89.5 Å². The minimum absolute atomic E-state index is 0.0241. The average Bonchev–Trinajstić information content (AvgIpc) is 3.17. The molecule has 0 bridgehead atoms. The predicted octanol–water partition coefficient (Wildman–Crippen LogP) is 4.98. The monoisotopic (exact) mass is 458 g/mol. The van der Waals surface area contributed by atoms with E-state index in [0.29, 0.717) is 17.8 Å². The maximum Gasteiger partial charge on any atom is 0.411 e. The molecule has 0 fully saturated rings. The normalized spacial score (nSPS) is 11.9. The molecular weight excluding hydrogens is 432 g/mol. The summed E-state index contributed by atoms with van der Waals surface area (Å²) in [5.74, 6) is -1.23. The first-order chi connectivity index (χ1) is 16.5. The zero-order valence-electron chi connectivity index (χ0n) is 18.9. The highest BCUT2D eigenvalue weighted by Gasteiger charge is 2.29. The van der Waals surface area contributed by atoms with Gasteiger partial charge in [-0.25, -0.2) is 4.79 Å². The number of fused-ring (bicyclic) bond motifs is 3. The van der Waals surface area contributed by atoms with Gasteiger partial charge in [-0.2, -0.15) is 0 Å². The van der Waals surface area contributed by atoms with Crippen LogP contribution >= 0.6 is 0 Å². The van der Waals surface area contributed by atoms with E-state index >= 15 is 0 Å². The summed E-state index contributed by atoms with van der Waals surface area (Å²) in [6.07, 6.45) is -0.682. The summed E-state index contributed by atoms with van der Waals surface area (Å²) >= 11 is 0. The molecule has 0 spiro atoms. The highest BCUT2D eigenvalue weighted by molar-refractivity contribution is 5.95. The molecule has 174 valence electrons. The lowest BCUT2D eigenvalue weighted by Crippen LogP contribution is -2.32. The molecule has 2 N–H and O–H groups in total. The zero-order chi connectivity index (χ0) is 24.1. The van der Waals surface area contributed by atoms with Crippen LogP contribution in [0.15, 0.2) is 72.8 Å². The highest BCUT2D eigenvalue weighted by atomic mass is 16.5. The number of aliphatic carboxylic acids is 1. The molecule has 0 saturated heterocycles. The lowest BCUT2D eigenvalue weighted by Gasteiger charge is -2.20. The molecule has 0 heterocycles. The van der Waals surface area contributed by atoms with Crippen molar-refractivity contribution < 1.29 is 24.2 Å². The van der Waals surface area contributed by atoms with Crippen molar-refractivity contribution in [3.63, 3.8) is 0 Å². The Hall–Kier alpha value is -4.13. The lowest BCUT2D eigenvalue weighted by atomic mass is 9.98. The molecule has 7 heteroatoms. The molecule has 0 radical (unpaired) electrons. The van der Waals surface area contributed by atoms with E-state index in [1.807, 2.05) is 24.3 Å². The quantitative estimate of drug-likeness (QED) is 0.496. The van der Waals surface area contributed by atoms with E-state index in [-0.39, 0.29) is 31.4 Å². The number of rotatable bonds is 8. The van der Waals surface area contributed by atoms with Gasteiger partial charge in [-0.1, -0.05) is 48.5 Å². The number of hydrogen-bond donors (Lipinski definition) is 2. The van der Waals surface area contributed by atoms with Crippen molar-refractivity contribution in [1.82, 2.24) is 4.90 Å². The molecule has 1 aliphatic rings. The summed E-state index contributed by atoms with van der Waals surface area (Å²) in [5, 5.41) is 11.5. The molecule has 7 nitrogen and oxygen atoms in total. The average molecular weight is 459 g/mol. The van der Waals surface area contributed by atoms with Gasteiger partial charge in [0.15, 0.2) is 0 Å². The third kappa shape index (κ3) is 4.93. The molecular formula is C27H26N2O5. The second kappa shape index (κ2) is 10.2. The number of carboxylic acid groups (broad SMARTS) is 1. The van der Waals surface area contributed by atoms with E-state index in [1.54, 1.807) is 31.2 Å². The summed E-state index contributed by atoms with van der Waals surface area (Å²) in [6, 6.07) is 22.7. The lowest BCUT2D eigenvalue weighted by molar-refractivity contribution is -0.137. The van der Waals surface area contributed by atoms with Gasteiger partial charge in [0.05, 0.1) is 6.42 Å². The first-order valence-corrected chi connectivity index (χ1v) is 11.2. The SMILES string of the molecule is CCN(CCC(=O)O)C(=O)c1ccc(NC(=O)OCC2c3ccccc3-c3ccccc32)cc1. The summed E-state index contributed by atoms with van der Waals surface area (Å²) in [7, 11) is 0. The highest BCUT2D eigenvalue weighted by Crippen LogP contribution is 2.44. The first-order valence-electron chi connectivity index (χ1n) is 11.2. The predicted molar refractivity (Wildman–Crippen MR) is 129 cm³/mol. The summed E-state index contributed by atoms with van der Waals surface area (Å²) in [4.78, 5) is 37.3. The Kier molecular flexibility index (Phi) is 6.92. The number of anilines is 1. The number of carboxylic acids is 1. The van der Waals surface area contributed by atoms with Crippen LogP contribution < -0.4 is 5.32 Å². The van der Waals surface area contributed by atoms with E-state index in [2.05, 4.69) is 29.6 Å². The van der Waals surface area contributed by atoms with Gasteiger partial charge in [0.1, 0.15) is 6.61 Å². The van der Waals surface area contributed by atoms with E-state index in [4.69, 9.17) is 9.84 Å². The van der Waals surface area contributed by atoms with Crippen molar-refractivity contribution in [2.45, 2.75) is 19.3 Å². The Morgan fingerprint density at radius 3 is 2.06 bits per heavy atom. The first kappa shape index (κ1) is 23.0. The maximum atomic E-state index is 12.6. The van der Waals surface area contributed by atoms with Gasteiger partial charge in [0.25, 0.3) is 5.91 Å². The Bertz CT molecular complexity index is 1160. The topological polar surface area (TPSA) is 95.9 Å². The largest absolute Gasteiger partial charge is 0.481 e. The second-order valence-electron chi connectivity index (χ2n) is 8.06. The third-order valence-corrected chi connectivity index (χ3v) is 5.99.